The zero-order valence-electron chi connectivity index (χ0n) is 12.9. The van der Waals surface area contributed by atoms with Crippen molar-refractivity contribution in [1.82, 2.24) is 10.2 Å². The van der Waals surface area contributed by atoms with Gasteiger partial charge in [0, 0.05) is 6.04 Å². The smallest absolute Gasteiger partial charge is 0.244 e. The largest absolute Gasteiger partial charge is 0.323 e. The molecule has 1 aliphatic heterocycles. The third kappa shape index (κ3) is 2.96. The monoisotopic (exact) mass is 266 g/mol. The molecule has 1 heterocycles. The lowest BCUT2D eigenvalue weighted by Crippen LogP contribution is -2.44. The predicted molar refractivity (Wildman–Crippen MR) is 78.9 cm³/mol. The molecule has 1 aliphatic carbocycles. The molecule has 1 saturated heterocycles. The standard InChI is InChI=1S/C16H30N2O/c1-4-7-10-13(8-5-2)18-14(9-6-3)17-16(11-12-16)15(18)19/h13-14,17H,4-12H2,1-3H3. The second-order valence-electron chi connectivity index (χ2n) is 6.33. The fraction of sp³-hybridized carbons (Fsp3) is 0.938. The molecule has 1 N–H and O–H groups in total. The maximum absolute atomic E-state index is 12.7. The molecule has 0 bridgehead atoms. The van der Waals surface area contributed by atoms with Gasteiger partial charge in [-0.15, -0.1) is 0 Å². The summed E-state index contributed by atoms with van der Waals surface area (Å²) in [5, 5.41) is 3.63. The number of carbonyl (C=O) groups excluding carboxylic acids is 1. The van der Waals surface area contributed by atoms with Crippen molar-refractivity contribution >= 4 is 5.91 Å². The minimum atomic E-state index is -0.141. The molecule has 1 spiro atoms. The van der Waals surface area contributed by atoms with E-state index < -0.39 is 0 Å². The molecule has 2 atom stereocenters. The van der Waals surface area contributed by atoms with Gasteiger partial charge in [0.25, 0.3) is 0 Å². The molecular formula is C16H30N2O. The highest BCUT2D eigenvalue weighted by Crippen LogP contribution is 2.44. The summed E-state index contributed by atoms with van der Waals surface area (Å²) in [6.45, 7) is 6.68. The first-order chi connectivity index (χ1) is 9.18. The normalized spacial score (nSPS) is 26.2. The van der Waals surface area contributed by atoms with E-state index in [1.807, 2.05) is 0 Å². The molecule has 0 radical (unpaired) electrons. The number of carbonyl (C=O) groups is 1. The lowest BCUT2D eigenvalue weighted by Gasteiger charge is -2.33. The van der Waals surface area contributed by atoms with Crippen LogP contribution < -0.4 is 5.32 Å². The van der Waals surface area contributed by atoms with Gasteiger partial charge in [0.2, 0.25) is 5.91 Å². The van der Waals surface area contributed by atoms with Crippen molar-refractivity contribution in [2.45, 2.75) is 96.3 Å². The van der Waals surface area contributed by atoms with Crippen molar-refractivity contribution in [2.75, 3.05) is 0 Å². The highest BCUT2D eigenvalue weighted by Gasteiger charge is 2.59. The number of rotatable bonds is 8. The molecule has 1 saturated carbocycles. The average molecular weight is 266 g/mol. The molecule has 2 rings (SSSR count). The third-order valence-electron chi connectivity index (χ3n) is 4.64. The van der Waals surface area contributed by atoms with Gasteiger partial charge in [-0.1, -0.05) is 46.5 Å². The molecule has 0 aromatic carbocycles. The molecule has 0 aromatic rings. The zero-order valence-corrected chi connectivity index (χ0v) is 12.9. The first kappa shape index (κ1) is 14.8. The topological polar surface area (TPSA) is 32.3 Å². The first-order valence-corrected chi connectivity index (χ1v) is 8.29. The second kappa shape index (κ2) is 6.25. The number of nitrogens with one attached hydrogen (secondary N) is 1. The predicted octanol–water partition coefficient (Wildman–Crippen LogP) is 3.44. The molecule has 3 heteroatoms. The van der Waals surface area contributed by atoms with Crippen LogP contribution in [-0.4, -0.2) is 28.6 Å². The van der Waals surface area contributed by atoms with Crippen LogP contribution in [0.2, 0.25) is 0 Å². The Kier molecular flexibility index (Phi) is 4.88. The highest BCUT2D eigenvalue weighted by atomic mass is 16.2. The van der Waals surface area contributed by atoms with E-state index in [4.69, 9.17) is 0 Å². The fourth-order valence-electron chi connectivity index (χ4n) is 3.42. The summed E-state index contributed by atoms with van der Waals surface area (Å²) in [4.78, 5) is 14.9. The van der Waals surface area contributed by atoms with Crippen LogP contribution in [0.5, 0.6) is 0 Å². The van der Waals surface area contributed by atoms with Crippen molar-refractivity contribution in [3.63, 3.8) is 0 Å². The van der Waals surface area contributed by atoms with Crippen molar-refractivity contribution < 1.29 is 4.79 Å². The minimum absolute atomic E-state index is 0.141. The van der Waals surface area contributed by atoms with Crippen LogP contribution in [0, 0.1) is 0 Å². The van der Waals surface area contributed by atoms with E-state index in [-0.39, 0.29) is 5.54 Å². The maximum Gasteiger partial charge on any atom is 0.244 e. The Labute approximate surface area is 118 Å². The number of nitrogens with zero attached hydrogens (tertiary/aromatic N) is 1. The van der Waals surface area contributed by atoms with Crippen molar-refractivity contribution in [3.8, 4) is 0 Å². The Morgan fingerprint density at radius 1 is 1.21 bits per heavy atom. The van der Waals surface area contributed by atoms with Gasteiger partial charge in [-0.25, -0.2) is 0 Å². The van der Waals surface area contributed by atoms with Crippen molar-refractivity contribution in [2.24, 2.45) is 0 Å². The van der Waals surface area contributed by atoms with Gasteiger partial charge in [0.1, 0.15) is 0 Å². The van der Waals surface area contributed by atoms with Gasteiger partial charge in [0.15, 0.2) is 0 Å². The fourth-order valence-corrected chi connectivity index (χ4v) is 3.42. The molecule has 2 unspecified atom stereocenters. The number of unbranched alkanes of at least 4 members (excludes halogenated alkanes) is 1. The van der Waals surface area contributed by atoms with E-state index in [9.17, 15) is 4.79 Å². The molecule has 3 nitrogen and oxygen atoms in total. The summed E-state index contributed by atoms with van der Waals surface area (Å²) in [6.07, 6.45) is 10.6. The van der Waals surface area contributed by atoms with Crippen molar-refractivity contribution in [3.05, 3.63) is 0 Å². The lowest BCUT2D eigenvalue weighted by atomic mass is 10.0. The van der Waals surface area contributed by atoms with E-state index in [0.29, 0.717) is 18.1 Å². The molecule has 19 heavy (non-hydrogen) atoms. The molecular weight excluding hydrogens is 236 g/mol. The van der Waals surface area contributed by atoms with Crippen molar-refractivity contribution in [1.29, 1.82) is 0 Å². The summed E-state index contributed by atoms with van der Waals surface area (Å²) in [5.41, 5.74) is -0.141. The minimum Gasteiger partial charge on any atom is -0.323 e. The third-order valence-corrected chi connectivity index (χ3v) is 4.64. The van der Waals surface area contributed by atoms with Crippen LogP contribution in [0.1, 0.15) is 78.6 Å². The van der Waals surface area contributed by atoms with Gasteiger partial charge >= 0.3 is 0 Å². The summed E-state index contributed by atoms with van der Waals surface area (Å²) >= 11 is 0. The Morgan fingerprint density at radius 2 is 1.95 bits per heavy atom. The molecule has 2 fully saturated rings. The summed E-state index contributed by atoms with van der Waals surface area (Å²) in [7, 11) is 0. The Bertz CT molecular complexity index is 312. The van der Waals surface area contributed by atoms with Crippen LogP contribution in [0.3, 0.4) is 0 Å². The van der Waals surface area contributed by atoms with E-state index >= 15 is 0 Å². The molecule has 110 valence electrons. The first-order valence-electron chi connectivity index (χ1n) is 8.29. The Balaban J connectivity index is 2.09. The average Bonchev–Trinajstić information content (AvgIpc) is 3.11. The van der Waals surface area contributed by atoms with Gasteiger partial charge in [-0.3, -0.25) is 10.1 Å². The summed E-state index contributed by atoms with van der Waals surface area (Å²) in [5.74, 6) is 0.403. The van der Waals surface area contributed by atoms with Crippen LogP contribution in [0.15, 0.2) is 0 Å². The second-order valence-corrected chi connectivity index (χ2v) is 6.33. The van der Waals surface area contributed by atoms with Crippen LogP contribution in [0.4, 0.5) is 0 Å². The quantitative estimate of drug-likeness (QED) is 0.730. The zero-order chi connectivity index (χ0) is 13.9. The van der Waals surface area contributed by atoms with Gasteiger partial charge < -0.3 is 4.90 Å². The Morgan fingerprint density at radius 3 is 2.47 bits per heavy atom. The van der Waals surface area contributed by atoms with Crippen LogP contribution >= 0.6 is 0 Å². The molecule has 1 amide bonds. The van der Waals surface area contributed by atoms with Gasteiger partial charge in [0.05, 0.1) is 11.7 Å². The van der Waals surface area contributed by atoms with Gasteiger partial charge in [-0.2, -0.15) is 0 Å². The van der Waals surface area contributed by atoms with E-state index in [1.165, 1.54) is 25.7 Å². The number of hydrogen-bond donors (Lipinski definition) is 1. The summed E-state index contributed by atoms with van der Waals surface area (Å²) < 4.78 is 0. The molecule has 2 aliphatic rings. The lowest BCUT2D eigenvalue weighted by molar-refractivity contribution is -0.133. The highest BCUT2D eigenvalue weighted by molar-refractivity contribution is 5.92. The SMILES string of the molecule is CCCCC(CCC)N1C(=O)C2(CC2)NC1CCC. The van der Waals surface area contributed by atoms with Gasteiger partial charge in [-0.05, 0) is 32.1 Å². The number of hydrogen-bond acceptors (Lipinski definition) is 2. The maximum atomic E-state index is 12.7. The summed E-state index contributed by atoms with van der Waals surface area (Å²) in [6, 6.07) is 0.460. The van der Waals surface area contributed by atoms with Crippen LogP contribution in [0.25, 0.3) is 0 Å². The van der Waals surface area contributed by atoms with E-state index in [1.54, 1.807) is 0 Å². The number of amides is 1. The molecule has 0 aromatic heterocycles. The Hall–Kier alpha value is -0.570. The van der Waals surface area contributed by atoms with E-state index in [2.05, 4.69) is 31.0 Å². The van der Waals surface area contributed by atoms with E-state index in [0.717, 1.165) is 32.1 Å². The van der Waals surface area contributed by atoms with Crippen LogP contribution in [-0.2, 0) is 4.79 Å².